The fourth-order valence-electron chi connectivity index (χ4n) is 3.50. The molecular weight excluding hydrogens is 358 g/mol. The molecule has 1 fully saturated rings. The van der Waals surface area contributed by atoms with Gasteiger partial charge in [0.2, 0.25) is 0 Å². The number of carbonyl (C=O) groups excluding carboxylic acids is 1. The first-order valence-corrected chi connectivity index (χ1v) is 9.94. The monoisotopic (exact) mass is 381 g/mol. The third-order valence-electron chi connectivity index (χ3n) is 4.89. The lowest BCUT2D eigenvalue weighted by molar-refractivity contribution is 0.0625. The predicted molar refractivity (Wildman–Crippen MR) is 106 cm³/mol. The molecule has 7 heteroatoms. The Balaban J connectivity index is 1.59. The number of aryl methyl sites for hydroxylation is 2. The van der Waals surface area contributed by atoms with Gasteiger partial charge in [0.05, 0.1) is 10.7 Å². The van der Waals surface area contributed by atoms with Gasteiger partial charge < -0.3 is 14.8 Å². The maximum atomic E-state index is 13.3. The van der Waals surface area contributed by atoms with Crippen molar-refractivity contribution in [3.8, 4) is 0 Å². The summed E-state index contributed by atoms with van der Waals surface area (Å²) >= 11 is 1.51. The average Bonchev–Trinajstić information content (AvgIpc) is 3.27. The Kier molecular flexibility index (Phi) is 5.05. The Morgan fingerprint density at radius 1 is 1.33 bits per heavy atom. The minimum absolute atomic E-state index is 0.0545. The van der Waals surface area contributed by atoms with Crippen LogP contribution in [-0.2, 0) is 13.5 Å². The van der Waals surface area contributed by atoms with Crippen LogP contribution >= 0.6 is 11.3 Å². The van der Waals surface area contributed by atoms with Crippen LogP contribution in [0.15, 0.2) is 42.7 Å². The quantitative estimate of drug-likeness (QED) is 0.754. The van der Waals surface area contributed by atoms with E-state index in [-0.39, 0.29) is 11.9 Å². The zero-order valence-electron chi connectivity index (χ0n) is 15.6. The van der Waals surface area contributed by atoms with Gasteiger partial charge in [0.25, 0.3) is 5.91 Å². The minimum Gasteiger partial charge on any atom is -0.336 e. The van der Waals surface area contributed by atoms with Crippen LogP contribution in [0.2, 0.25) is 0 Å². The van der Waals surface area contributed by atoms with Crippen molar-refractivity contribution in [2.45, 2.75) is 19.4 Å². The van der Waals surface area contributed by atoms with Gasteiger partial charge in [-0.3, -0.25) is 4.79 Å². The van der Waals surface area contributed by atoms with Crippen molar-refractivity contribution in [1.82, 2.24) is 24.8 Å². The second kappa shape index (κ2) is 7.62. The SMILES string of the molecule is Cc1nc(Cc2ccccc2)sc1C(=O)N1CCNCC1c1nccn1C. The molecule has 0 bridgehead atoms. The fraction of sp³-hybridized carbons (Fsp3) is 0.350. The van der Waals surface area contributed by atoms with Crippen molar-refractivity contribution in [2.24, 2.45) is 7.05 Å². The molecule has 1 amide bonds. The molecule has 1 aromatic carbocycles. The molecule has 6 nitrogen and oxygen atoms in total. The molecule has 3 heterocycles. The van der Waals surface area contributed by atoms with E-state index in [0.717, 1.165) is 34.4 Å². The number of hydrogen-bond donors (Lipinski definition) is 1. The number of thiazole rings is 1. The van der Waals surface area contributed by atoms with Gasteiger partial charge in [-0.25, -0.2) is 9.97 Å². The van der Waals surface area contributed by atoms with Crippen LogP contribution in [-0.4, -0.2) is 45.0 Å². The highest BCUT2D eigenvalue weighted by atomic mass is 32.1. The fourth-order valence-corrected chi connectivity index (χ4v) is 4.56. The van der Waals surface area contributed by atoms with Gasteiger partial charge in [-0.05, 0) is 12.5 Å². The van der Waals surface area contributed by atoms with Gasteiger partial charge in [0.1, 0.15) is 16.7 Å². The highest BCUT2D eigenvalue weighted by Gasteiger charge is 2.32. The zero-order valence-corrected chi connectivity index (χ0v) is 16.4. The third-order valence-corrected chi connectivity index (χ3v) is 6.04. The lowest BCUT2D eigenvalue weighted by Crippen LogP contribution is -2.49. The Morgan fingerprint density at radius 2 is 2.15 bits per heavy atom. The number of nitrogens with one attached hydrogen (secondary N) is 1. The first kappa shape index (κ1) is 17.9. The van der Waals surface area contributed by atoms with Gasteiger partial charge in [-0.2, -0.15) is 0 Å². The van der Waals surface area contributed by atoms with E-state index in [1.165, 1.54) is 16.9 Å². The van der Waals surface area contributed by atoms with E-state index in [0.29, 0.717) is 13.1 Å². The molecule has 140 valence electrons. The van der Waals surface area contributed by atoms with Gasteiger partial charge in [-0.1, -0.05) is 30.3 Å². The van der Waals surface area contributed by atoms with Crippen LogP contribution in [0.4, 0.5) is 0 Å². The number of rotatable bonds is 4. The number of hydrogen-bond acceptors (Lipinski definition) is 5. The second-order valence-corrected chi connectivity index (χ2v) is 7.88. The van der Waals surface area contributed by atoms with Gasteiger partial charge >= 0.3 is 0 Å². The van der Waals surface area contributed by atoms with Crippen molar-refractivity contribution in [3.05, 3.63) is 69.7 Å². The first-order chi connectivity index (χ1) is 13.1. The number of nitrogens with zero attached hydrogens (tertiary/aromatic N) is 4. The van der Waals surface area contributed by atoms with Crippen LogP contribution in [0.25, 0.3) is 0 Å². The molecule has 0 aliphatic carbocycles. The van der Waals surface area contributed by atoms with Crippen molar-refractivity contribution in [3.63, 3.8) is 0 Å². The molecule has 0 radical (unpaired) electrons. The van der Waals surface area contributed by atoms with E-state index >= 15 is 0 Å². The lowest BCUT2D eigenvalue weighted by Gasteiger charge is -2.35. The summed E-state index contributed by atoms with van der Waals surface area (Å²) in [7, 11) is 1.97. The maximum absolute atomic E-state index is 13.3. The van der Waals surface area contributed by atoms with Crippen LogP contribution in [0, 0.1) is 6.92 Å². The van der Waals surface area contributed by atoms with Crippen LogP contribution < -0.4 is 5.32 Å². The Morgan fingerprint density at radius 3 is 2.89 bits per heavy atom. The highest BCUT2D eigenvalue weighted by Crippen LogP contribution is 2.27. The molecule has 3 aromatic rings. The molecule has 1 atom stereocenters. The average molecular weight is 382 g/mol. The molecule has 1 aliphatic heterocycles. The molecule has 27 heavy (non-hydrogen) atoms. The summed E-state index contributed by atoms with van der Waals surface area (Å²) in [5.74, 6) is 0.959. The maximum Gasteiger partial charge on any atom is 0.266 e. The molecule has 1 N–H and O–H groups in total. The van der Waals surface area contributed by atoms with Crippen LogP contribution in [0.3, 0.4) is 0 Å². The molecular formula is C20H23N5OS. The van der Waals surface area contributed by atoms with E-state index in [1.54, 1.807) is 6.20 Å². The van der Waals surface area contributed by atoms with E-state index < -0.39 is 0 Å². The summed E-state index contributed by atoms with van der Waals surface area (Å²) in [6.07, 6.45) is 4.45. The molecule has 4 rings (SSSR count). The molecule has 2 aromatic heterocycles. The van der Waals surface area contributed by atoms with Gasteiger partial charge in [-0.15, -0.1) is 11.3 Å². The number of benzene rings is 1. The minimum atomic E-state index is -0.0645. The van der Waals surface area contributed by atoms with E-state index in [4.69, 9.17) is 0 Å². The Bertz CT molecular complexity index is 933. The number of aromatic nitrogens is 3. The van der Waals surface area contributed by atoms with Crippen molar-refractivity contribution < 1.29 is 4.79 Å². The summed E-state index contributed by atoms with van der Waals surface area (Å²) in [6, 6.07) is 10.2. The number of carbonyl (C=O) groups is 1. The molecule has 1 unspecified atom stereocenters. The first-order valence-electron chi connectivity index (χ1n) is 9.12. The van der Waals surface area contributed by atoms with Crippen molar-refractivity contribution in [1.29, 1.82) is 0 Å². The molecule has 1 aliphatic rings. The number of piperazine rings is 1. The van der Waals surface area contributed by atoms with Crippen LogP contribution in [0.5, 0.6) is 0 Å². The van der Waals surface area contributed by atoms with E-state index in [1.807, 2.05) is 47.8 Å². The summed E-state index contributed by atoms with van der Waals surface area (Å²) in [5, 5.41) is 4.36. The van der Waals surface area contributed by atoms with E-state index in [9.17, 15) is 4.79 Å². The Hall–Kier alpha value is -2.51. The van der Waals surface area contributed by atoms with Gasteiger partial charge in [0, 0.05) is 45.5 Å². The second-order valence-electron chi connectivity index (χ2n) is 6.80. The number of imidazole rings is 1. The normalized spacial score (nSPS) is 17.3. The number of amides is 1. The largest absolute Gasteiger partial charge is 0.336 e. The molecule has 0 spiro atoms. The van der Waals surface area contributed by atoms with Crippen molar-refractivity contribution >= 4 is 17.2 Å². The third kappa shape index (κ3) is 3.65. The van der Waals surface area contributed by atoms with Gasteiger partial charge in [0.15, 0.2) is 0 Å². The topological polar surface area (TPSA) is 63.1 Å². The summed E-state index contributed by atoms with van der Waals surface area (Å²) in [6.45, 7) is 4.10. The standard InChI is InChI=1S/C20H23N5OS/c1-14-18(27-17(23-14)12-15-6-4-3-5-7-15)20(26)25-11-8-21-13-16(25)19-22-9-10-24(19)2/h3-7,9-10,16,21H,8,11-13H2,1-2H3. The predicted octanol–water partition coefficient (Wildman–Crippen LogP) is 2.56. The molecule has 0 saturated carbocycles. The summed E-state index contributed by atoms with van der Waals surface area (Å²) in [4.78, 5) is 25.1. The Labute approximate surface area is 162 Å². The zero-order chi connectivity index (χ0) is 18.8. The summed E-state index contributed by atoms with van der Waals surface area (Å²) in [5.41, 5.74) is 2.02. The van der Waals surface area contributed by atoms with E-state index in [2.05, 4.69) is 27.4 Å². The smallest absolute Gasteiger partial charge is 0.266 e. The van der Waals surface area contributed by atoms with Crippen molar-refractivity contribution in [2.75, 3.05) is 19.6 Å². The highest BCUT2D eigenvalue weighted by molar-refractivity contribution is 7.13. The van der Waals surface area contributed by atoms with Crippen LogP contribution in [0.1, 0.15) is 37.8 Å². The lowest BCUT2D eigenvalue weighted by atomic mass is 10.1. The molecule has 1 saturated heterocycles. The summed E-state index contributed by atoms with van der Waals surface area (Å²) < 4.78 is 1.98.